The molecule has 0 bridgehead atoms. The molecule has 0 aromatic carbocycles. The third-order valence-corrected chi connectivity index (χ3v) is 3.89. The first-order valence-electron chi connectivity index (χ1n) is 10.3. The Balaban J connectivity index is 3.51. The molecule has 1 atom stereocenters. The standard InChI is InChI=1S/C24H38O3/c1-3-5-6-7-8-9-10-11-12-13-14-15-16-17-18-19-20-21-22-27-23(4-2)24(25)26/h5-6,8-9,11-12,14-15,17-18,23H,3-4,7,10,13,16,19-22H2,1-2H3,(H,25,26). The molecular formula is C24H38O3. The van der Waals surface area contributed by atoms with Crippen LogP contribution in [-0.4, -0.2) is 23.8 Å². The van der Waals surface area contributed by atoms with Crippen molar-refractivity contribution in [1.82, 2.24) is 0 Å². The second-order valence-electron chi connectivity index (χ2n) is 6.31. The van der Waals surface area contributed by atoms with E-state index in [0.29, 0.717) is 13.0 Å². The molecule has 0 amide bonds. The summed E-state index contributed by atoms with van der Waals surface area (Å²) in [6.07, 6.45) is 29.9. The number of carboxylic acids is 1. The molecule has 0 radical (unpaired) electrons. The molecule has 27 heavy (non-hydrogen) atoms. The molecule has 3 heteroatoms. The van der Waals surface area contributed by atoms with Gasteiger partial charge in [0.1, 0.15) is 0 Å². The Hall–Kier alpha value is -1.87. The van der Waals surface area contributed by atoms with Crippen LogP contribution in [0.4, 0.5) is 0 Å². The van der Waals surface area contributed by atoms with Crippen LogP contribution in [0.25, 0.3) is 0 Å². The monoisotopic (exact) mass is 374 g/mol. The van der Waals surface area contributed by atoms with Gasteiger partial charge in [0, 0.05) is 6.61 Å². The van der Waals surface area contributed by atoms with Gasteiger partial charge in [0.15, 0.2) is 6.10 Å². The summed E-state index contributed by atoms with van der Waals surface area (Å²) >= 11 is 0. The summed E-state index contributed by atoms with van der Waals surface area (Å²) in [7, 11) is 0. The SMILES string of the molecule is CCC=CCC=CCC=CCC=CCC=CCCCCOC(CC)C(=O)O. The highest BCUT2D eigenvalue weighted by Gasteiger charge is 2.14. The summed E-state index contributed by atoms with van der Waals surface area (Å²) in [5.74, 6) is -0.865. The van der Waals surface area contributed by atoms with Crippen molar-refractivity contribution in [3.63, 3.8) is 0 Å². The number of hydrogen-bond acceptors (Lipinski definition) is 2. The fourth-order valence-electron chi connectivity index (χ4n) is 2.32. The highest BCUT2D eigenvalue weighted by atomic mass is 16.5. The van der Waals surface area contributed by atoms with Crippen LogP contribution >= 0.6 is 0 Å². The summed E-state index contributed by atoms with van der Waals surface area (Å²) in [6, 6.07) is 0. The third kappa shape index (κ3) is 18.7. The normalized spacial score (nSPS) is 13.9. The minimum atomic E-state index is -0.865. The molecule has 0 spiro atoms. The molecule has 0 saturated heterocycles. The summed E-state index contributed by atoms with van der Waals surface area (Å²) in [5, 5.41) is 8.87. The molecule has 0 aliphatic rings. The summed E-state index contributed by atoms with van der Waals surface area (Å²) < 4.78 is 5.33. The van der Waals surface area contributed by atoms with E-state index in [-0.39, 0.29) is 0 Å². The lowest BCUT2D eigenvalue weighted by molar-refractivity contribution is -0.150. The van der Waals surface area contributed by atoms with Crippen molar-refractivity contribution < 1.29 is 14.6 Å². The Kier molecular flexibility index (Phi) is 19.0. The average molecular weight is 375 g/mol. The van der Waals surface area contributed by atoms with Gasteiger partial charge in [-0.2, -0.15) is 0 Å². The maximum atomic E-state index is 10.8. The lowest BCUT2D eigenvalue weighted by Crippen LogP contribution is -2.23. The Bertz CT molecular complexity index is 484. The summed E-state index contributed by atoms with van der Waals surface area (Å²) in [6.45, 7) is 4.50. The average Bonchev–Trinajstić information content (AvgIpc) is 2.66. The van der Waals surface area contributed by atoms with E-state index in [0.717, 1.165) is 51.4 Å². The van der Waals surface area contributed by atoms with Gasteiger partial charge in [0.2, 0.25) is 0 Å². The second kappa shape index (κ2) is 20.4. The largest absolute Gasteiger partial charge is 0.479 e. The molecule has 0 aromatic heterocycles. The molecule has 0 fully saturated rings. The summed E-state index contributed by atoms with van der Waals surface area (Å²) in [4.78, 5) is 10.8. The van der Waals surface area contributed by atoms with Crippen molar-refractivity contribution in [2.24, 2.45) is 0 Å². The van der Waals surface area contributed by atoms with Crippen LogP contribution in [0.3, 0.4) is 0 Å². The second-order valence-corrected chi connectivity index (χ2v) is 6.31. The Morgan fingerprint density at radius 2 is 1.26 bits per heavy atom. The zero-order valence-corrected chi connectivity index (χ0v) is 17.2. The van der Waals surface area contributed by atoms with Crippen LogP contribution in [0.2, 0.25) is 0 Å². The van der Waals surface area contributed by atoms with Crippen molar-refractivity contribution in [3.05, 3.63) is 60.8 Å². The van der Waals surface area contributed by atoms with Crippen molar-refractivity contribution in [1.29, 1.82) is 0 Å². The first kappa shape index (κ1) is 25.1. The number of unbranched alkanes of at least 4 members (excludes halogenated alkanes) is 2. The highest BCUT2D eigenvalue weighted by molar-refractivity contribution is 5.72. The molecule has 1 N–H and O–H groups in total. The zero-order valence-electron chi connectivity index (χ0n) is 17.2. The lowest BCUT2D eigenvalue weighted by Gasteiger charge is -2.10. The van der Waals surface area contributed by atoms with Crippen molar-refractivity contribution in [3.8, 4) is 0 Å². The first-order valence-corrected chi connectivity index (χ1v) is 10.3. The number of aliphatic carboxylic acids is 1. The van der Waals surface area contributed by atoms with Gasteiger partial charge in [-0.25, -0.2) is 4.79 Å². The quantitative estimate of drug-likeness (QED) is 0.225. The molecule has 0 saturated carbocycles. The van der Waals surface area contributed by atoms with Crippen molar-refractivity contribution in [2.45, 2.75) is 77.7 Å². The minimum absolute atomic E-state index is 0.518. The lowest BCUT2D eigenvalue weighted by atomic mass is 10.2. The van der Waals surface area contributed by atoms with Crippen molar-refractivity contribution in [2.75, 3.05) is 6.61 Å². The number of hydrogen-bond donors (Lipinski definition) is 1. The summed E-state index contributed by atoms with van der Waals surface area (Å²) in [5.41, 5.74) is 0. The number of rotatable bonds is 17. The van der Waals surface area contributed by atoms with Gasteiger partial charge < -0.3 is 9.84 Å². The van der Waals surface area contributed by atoms with Gasteiger partial charge in [-0.15, -0.1) is 0 Å². The van der Waals surface area contributed by atoms with Crippen LogP contribution < -0.4 is 0 Å². The van der Waals surface area contributed by atoms with Crippen LogP contribution in [0.15, 0.2) is 60.8 Å². The van der Waals surface area contributed by atoms with Crippen molar-refractivity contribution >= 4 is 5.97 Å². The molecule has 0 heterocycles. The third-order valence-electron chi connectivity index (χ3n) is 3.89. The van der Waals surface area contributed by atoms with E-state index in [4.69, 9.17) is 9.84 Å². The smallest absolute Gasteiger partial charge is 0.332 e. The van der Waals surface area contributed by atoms with Crippen LogP contribution in [-0.2, 0) is 9.53 Å². The molecule has 1 unspecified atom stereocenters. The van der Waals surface area contributed by atoms with Gasteiger partial charge in [-0.05, 0) is 57.8 Å². The van der Waals surface area contributed by atoms with Gasteiger partial charge in [0.25, 0.3) is 0 Å². The first-order chi connectivity index (χ1) is 13.2. The minimum Gasteiger partial charge on any atom is -0.479 e. The van der Waals surface area contributed by atoms with Gasteiger partial charge in [-0.3, -0.25) is 0 Å². The van der Waals surface area contributed by atoms with Crippen LogP contribution in [0, 0.1) is 0 Å². The van der Waals surface area contributed by atoms with E-state index < -0.39 is 12.1 Å². The van der Waals surface area contributed by atoms with Crippen LogP contribution in [0.1, 0.15) is 71.6 Å². The molecule has 0 aliphatic heterocycles. The topological polar surface area (TPSA) is 46.5 Å². The molecule has 3 nitrogen and oxygen atoms in total. The van der Waals surface area contributed by atoms with E-state index in [9.17, 15) is 4.79 Å². The number of carboxylic acid groups (broad SMARTS) is 1. The van der Waals surface area contributed by atoms with Gasteiger partial charge in [0.05, 0.1) is 0 Å². The van der Waals surface area contributed by atoms with E-state index >= 15 is 0 Å². The fourth-order valence-corrected chi connectivity index (χ4v) is 2.32. The maximum Gasteiger partial charge on any atom is 0.332 e. The van der Waals surface area contributed by atoms with E-state index in [1.807, 2.05) is 6.92 Å². The highest BCUT2D eigenvalue weighted by Crippen LogP contribution is 2.03. The number of ether oxygens (including phenoxy) is 1. The predicted molar refractivity (Wildman–Crippen MR) is 116 cm³/mol. The Morgan fingerprint density at radius 1 is 0.778 bits per heavy atom. The predicted octanol–water partition coefficient (Wildman–Crippen LogP) is 6.79. The number of allylic oxidation sites excluding steroid dienone is 10. The Labute approximate surface area is 166 Å². The molecule has 0 rings (SSSR count). The van der Waals surface area contributed by atoms with E-state index in [2.05, 4.69) is 67.7 Å². The molecular weight excluding hydrogens is 336 g/mol. The molecule has 0 aromatic rings. The maximum absolute atomic E-state index is 10.8. The molecule has 152 valence electrons. The van der Waals surface area contributed by atoms with E-state index in [1.165, 1.54) is 0 Å². The van der Waals surface area contributed by atoms with E-state index in [1.54, 1.807) is 0 Å². The van der Waals surface area contributed by atoms with Gasteiger partial charge in [-0.1, -0.05) is 74.6 Å². The number of carbonyl (C=O) groups is 1. The molecule has 0 aliphatic carbocycles. The fraction of sp³-hybridized carbons (Fsp3) is 0.542. The van der Waals surface area contributed by atoms with Crippen LogP contribution in [0.5, 0.6) is 0 Å². The van der Waals surface area contributed by atoms with Gasteiger partial charge >= 0.3 is 5.97 Å². The zero-order chi connectivity index (χ0) is 20.0. The Morgan fingerprint density at radius 3 is 1.70 bits per heavy atom.